The highest BCUT2D eigenvalue weighted by Gasteiger charge is 2.30. The number of amides is 1. The average molecular weight is 239 g/mol. The first-order valence-corrected chi connectivity index (χ1v) is 5.86. The Morgan fingerprint density at radius 1 is 1.44 bits per heavy atom. The van der Waals surface area contributed by atoms with Crippen LogP contribution in [0.3, 0.4) is 0 Å². The molecule has 4 heteroatoms. The van der Waals surface area contributed by atoms with Crippen molar-refractivity contribution in [3.8, 4) is 0 Å². The molecule has 0 saturated heterocycles. The number of benzene rings is 1. The number of carbonyl (C=O) groups excluding carboxylic acids is 1. The molecule has 2 atom stereocenters. The van der Waals surface area contributed by atoms with E-state index >= 15 is 0 Å². The Bertz CT molecular complexity index is 394. The van der Waals surface area contributed by atoms with Gasteiger partial charge in [-0.3, -0.25) is 4.79 Å². The van der Waals surface area contributed by atoms with E-state index in [-0.39, 0.29) is 17.9 Å². The lowest BCUT2D eigenvalue weighted by atomic mass is 10.0. The van der Waals surface area contributed by atoms with Gasteiger partial charge >= 0.3 is 0 Å². The van der Waals surface area contributed by atoms with Crippen molar-refractivity contribution in [1.29, 1.82) is 0 Å². The van der Waals surface area contributed by atoms with Crippen molar-refractivity contribution in [2.75, 3.05) is 5.32 Å². The Hall–Kier alpha value is -1.06. The van der Waals surface area contributed by atoms with Crippen molar-refractivity contribution in [1.82, 2.24) is 0 Å². The van der Waals surface area contributed by atoms with Crippen LogP contribution < -0.4 is 11.1 Å². The van der Waals surface area contributed by atoms with Crippen LogP contribution in [0.4, 0.5) is 5.69 Å². The van der Waals surface area contributed by atoms with Gasteiger partial charge in [0.1, 0.15) is 0 Å². The SMILES string of the molecule is NC1CCCC1C(=O)Nc1cccc(Cl)c1. The van der Waals surface area contributed by atoms with Crippen molar-refractivity contribution >= 4 is 23.2 Å². The lowest BCUT2D eigenvalue weighted by Gasteiger charge is -2.15. The highest BCUT2D eigenvalue weighted by molar-refractivity contribution is 6.30. The molecular weight excluding hydrogens is 224 g/mol. The van der Waals surface area contributed by atoms with Crippen LogP contribution >= 0.6 is 11.6 Å². The lowest BCUT2D eigenvalue weighted by molar-refractivity contribution is -0.120. The minimum Gasteiger partial charge on any atom is -0.327 e. The van der Waals surface area contributed by atoms with Gasteiger partial charge in [-0.05, 0) is 31.0 Å². The van der Waals surface area contributed by atoms with Crippen molar-refractivity contribution in [2.45, 2.75) is 25.3 Å². The van der Waals surface area contributed by atoms with E-state index < -0.39 is 0 Å². The van der Waals surface area contributed by atoms with Gasteiger partial charge in [0.05, 0.1) is 5.92 Å². The first-order chi connectivity index (χ1) is 7.66. The second kappa shape index (κ2) is 4.85. The fraction of sp³-hybridized carbons (Fsp3) is 0.417. The average Bonchev–Trinajstić information content (AvgIpc) is 2.64. The first kappa shape index (κ1) is 11.4. The highest BCUT2D eigenvalue weighted by Crippen LogP contribution is 2.25. The fourth-order valence-corrected chi connectivity index (χ4v) is 2.31. The molecule has 1 saturated carbocycles. The third-order valence-electron chi connectivity index (χ3n) is 3.00. The standard InChI is InChI=1S/C12H15ClN2O/c13-8-3-1-4-9(7-8)15-12(16)10-5-2-6-11(10)14/h1,3-4,7,10-11H,2,5-6,14H2,(H,15,16). The number of halogens is 1. The third kappa shape index (κ3) is 2.54. The van der Waals surface area contributed by atoms with Crippen LogP contribution in [-0.2, 0) is 4.79 Å². The minimum atomic E-state index is -0.0565. The summed E-state index contributed by atoms with van der Waals surface area (Å²) in [4.78, 5) is 11.9. The number of hydrogen-bond acceptors (Lipinski definition) is 2. The van der Waals surface area contributed by atoms with E-state index in [1.165, 1.54) is 0 Å². The predicted octanol–water partition coefficient (Wildman–Crippen LogP) is 2.41. The van der Waals surface area contributed by atoms with Crippen LogP contribution in [0.15, 0.2) is 24.3 Å². The molecule has 0 bridgehead atoms. The number of carbonyl (C=O) groups is 1. The van der Waals surface area contributed by atoms with Gasteiger partial charge in [-0.1, -0.05) is 24.1 Å². The number of nitrogens with one attached hydrogen (secondary N) is 1. The van der Waals surface area contributed by atoms with Gasteiger partial charge in [0.15, 0.2) is 0 Å². The Kier molecular flexibility index (Phi) is 3.46. The van der Waals surface area contributed by atoms with Gasteiger partial charge in [0, 0.05) is 16.8 Å². The van der Waals surface area contributed by atoms with E-state index in [0.29, 0.717) is 5.02 Å². The topological polar surface area (TPSA) is 55.1 Å². The molecule has 2 unspecified atom stereocenters. The zero-order chi connectivity index (χ0) is 11.5. The Labute approximate surface area is 100.0 Å². The summed E-state index contributed by atoms with van der Waals surface area (Å²) in [6.07, 6.45) is 2.86. The van der Waals surface area contributed by atoms with E-state index in [9.17, 15) is 4.79 Å². The molecule has 0 aromatic heterocycles. The normalized spacial score (nSPS) is 24.4. The number of anilines is 1. The monoisotopic (exact) mass is 238 g/mol. The molecule has 1 aliphatic rings. The molecule has 1 aliphatic carbocycles. The zero-order valence-corrected chi connectivity index (χ0v) is 9.70. The summed E-state index contributed by atoms with van der Waals surface area (Å²) in [7, 11) is 0. The molecule has 3 nitrogen and oxygen atoms in total. The van der Waals surface area contributed by atoms with E-state index in [1.807, 2.05) is 12.1 Å². The zero-order valence-electron chi connectivity index (χ0n) is 8.95. The van der Waals surface area contributed by atoms with E-state index in [4.69, 9.17) is 17.3 Å². The molecule has 0 aliphatic heterocycles. The van der Waals surface area contributed by atoms with Crippen LogP contribution in [0.25, 0.3) is 0 Å². The van der Waals surface area contributed by atoms with Crippen molar-refractivity contribution in [3.63, 3.8) is 0 Å². The molecule has 0 heterocycles. The van der Waals surface area contributed by atoms with Gasteiger partial charge < -0.3 is 11.1 Å². The molecule has 2 rings (SSSR count). The largest absolute Gasteiger partial charge is 0.327 e. The third-order valence-corrected chi connectivity index (χ3v) is 3.23. The van der Waals surface area contributed by atoms with Gasteiger partial charge in [-0.15, -0.1) is 0 Å². The summed E-state index contributed by atoms with van der Waals surface area (Å²) in [5.41, 5.74) is 6.61. The predicted molar refractivity (Wildman–Crippen MR) is 65.4 cm³/mol. The highest BCUT2D eigenvalue weighted by atomic mass is 35.5. The molecular formula is C12H15ClN2O. The Balaban J connectivity index is 2.02. The molecule has 1 fully saturated rings. The number of rotatable bonds is 2. The lowest BCUT2D eigenvalue weighted by Crippen LogP contribution is -2.34. The molecule has 0 radical (unpaired) electrons. The van der Waals surface area contributed by atoms with Crippen LogP contribution in [0.5, 0.6) is 0 Å². The Morgan fingerprint density at radius 2 is 2.25 bits per heavy atom. The summed E-state index contributed by atoms with van der Waals surface area (Å²) in [5, 5.41) is 3.47. The van der Waals surface area contributed by atoms with Crippen LogP contribution in [-0.4, -0.2) is 11.9 Å². The van der Waals surface area contributed by atoms with Crippen LogP contribution in [0, 0.1) is 5.92 Å². The maximum absolute atomic E-state index is 11.9. The summed E-state index contributed by atoms with van der Waals surface area (Å²) < 4.78 is 0. The summed E-state index contributed by atoms with van der Waals surface area (Å²) in [6.45, 7) is 0. The first-order valence-electron chi connectivity index (χ1n) is 5.49. The van der Waals surface area contributed by atoms with Gasteiger partial charge in [-0.25, -0.2) is 0 Å². The molecule has 1 amide bonds. The number of nitrogens with two attached hydrogens (primary N) is 1. The maximum Gasteiger partial charge on any atom is 0.229 e. The molecule has 1 aromatic carbocycles. The second-order valence-corrected chi connectivity index (χ2v) is 4.64. The van der Waals surface area contributed by atoms with Gasteiger partial charge in [-0.2, -0.15) is 0 Å². The van der Waals surface area contributed by atoms with Crippen molar-refractivity contribution < 1.29 is 4.79 Å². The molecule has 16 heavy (non-hydrogen) atoms. The number of hydrogen-bond donors (Lipinski definition) is 2. The molecule has 86 valence electrons. The molecule has 0 spiro atoms. The molecule has 3 N–H and O–H groups in total. The second-order valence-electron chi connectivity index (χ2n) is 4.20. The maximum atomic E-state index is 11.9. The van der Waals surface area contributed by atoms with Crippen LogP contribution in [0.2, 0.25) is 5.02 Å². The van der Waals surface area contributed by atoms with E-state index in [1.54, 1.807) is 12.1 Å². The Morgan fingerprint density at radius 3 is 2.88 bits per heavy atom. The summed E-state index contributed by atoms with van der Waals surface area (Å²) >= 11 is 5.84. The summed E-state index contributed by atoms with van der Waals surface area (Å²) in [6, 6.07) is 7.15. The smallest absolute Gasteiger partial charge is 0.229 e. The molecule has 1 aromatic rings. The minimum absolute atomic E-state index is 0.000755. The van der Waals surface area contributed by atoms with E-state index in [2.05, 4.69) is 5.32 Å². The van der Waals surface area contributed by atoms with E-state index in [0.717, 1.165) is 24.9 Å². The quantitative estimate of drug-likeness (QED) is 0.831. The van der Waals surface area contributed by atoms with Gasteiger partial charge in [0.25, 0.3) is 0 Å². The van der Waals surface area contributed by atoms with Crippen LogP contribution in [0.1, 0.15) is 19.3 Å². The van der Waals surface area contributed by atoms with Gasteiger partial charge in [0.2, 0.25) is 5.91 Å². The van der Waals surface area contributed by atoms with Crippen molar-refractivity contribution in [3.05, 3.63) is 29.3 Å². The summed E-state index contributed by atoms with van der Waals surface area (Å²) in [5.74, 6) is -0.0498. The van der Waals surface area contributed by atoms with Crippen molar-refractivity contribution in [2.24, 2.45) is 11.7 Å². The fourth-order valence-electron chi connectivity index (χ4n) is 2.12.